The molecule has 1 aromatic heterocycles. The number of carbonyl (C=O) groups excluding carboxylic acids is 1. The molecule has 2 rings (SSSR count). The van der Waals surface area contributed by atoms with Crippen molar-refractivity contribution >= 4 is 11.9 Å². The fraction of sp³-hybridized carbons (Fsp3) is 0.562. The maximum absolute atomic E-state index is 12.3. The van der Waals surface area contributed by atoms with Gasteiger partial charge in [-0.25, -0.2) is 4.79 Å². The number of hydrogen-bond acceptors (Lipinski definition) is 3. The number of aromatic amines is 1. The van der Waals surface area contributed by atoms with Crippen molar-refractivity contribution in [1.82, 2.24) is 10.3 Å². The van der Waals surface area contributed by atoms with Crippen molar-refractivity contribution in [3.63, 3.8) is 0 Å². The maximum Gasteiger partial charge on any atom is 0.326 e. The molecule has 6 heteroatoms. The smallest absolute Gasteiger partial charge is 0.326 e. The number of aliphatic carboxylic acids is 1. The number of carboxylic acids is 1. The summed E-state index contributed by atoms with van der Waals surface area (Å²) in [7, 11) is 0. The third kappa shape index (κ3) is 3.75. The lowest BCUT2D eigenvalue weighted by Gasteiger charge is -2.18. The number of aryl methyl sites for hydroxylation is 2. The van der Waals surface area contributed by atoms with Gasteiger partial charge in [0.05, 0.1) is 0 Å². The van der Waals surface area contributed by atoms with Crippen LogP contribution in [0.15, 0.2) is 10.9 Å². The van der Waals surface area contributed by atoms with Gasteiger partial charge >= 0.3 is 5.97 Å². The first-order valence-electron chi connectivity index (χ1n) is 7.67. The van der Waals surface area contributed by atoms with Gasteiger partial charge in [-0.1, -0.05) is 13.8 Å². The average Bonchev–Trinajstić information content (AvgIpc) is 2.45. The molecule has 0 saturated heterocycles. The Morgan fingerprint density at radius 1 is 1.32 bits per heavy atom. The number of nitrogens with one attached hydrogen (secondary N) is 2. The van der Waals surface area contributed by atoms with Crippen LogP contribution in [-0.2, 0) is 17.6 Å². The Hall–Kier alpha value is -2.11. The molecule has 1 aliphatic carbocycles. The largest absolute Gasteiger partial charge is 0.480 e. The molecule has 22 heavy (non-hydrogen) atoms. The molecule has 1 aromatic rings. The van der Waals surface area contributed by atoms with Crippen molar-refractivity contribution in [2.24, 2.45) is 5.92 Å². The molecule has 0 fully saturated rings. The molecule has 0 aliphatic heterocycles. The van der Waals surface area contributed by atoms with Crippen molar-refractivity contribution in [2.75, 3.05) is 0 Å². The zero-order valence-corrected chi connectivity index (χ0v) is 12.9. The van der Waals surface area contributed by atoms with E-state index in [2.05, 4.69) is 10.3 Å². The molecule has 3 N–H and O–H groups in total. The van der Waals surface area contributed by atoms with Gasteiger partial charge in [-0.3, -0.25) is 9.59 Å². The minimum absolute atomic E-state index is 0.00402. The van der Waals surface area contributed by atoms with Crippen molar-refractivity contribution in [3.05, 3.63) is 33.2 Å². The molecule has 0 aromatic carbocycles. The highest BCUT2D eigenvalue weighted by molar-refractivity contribution is 5.96. The zero-order valence-electron chi connectivity index (χ0n) is 12.9. The normalized spacial score (nSPS) is 15.2. The topological polar surface area (TPSA) is 99.3 Å². The van der Waals surface area contributed by atoms with Crippen LogP contribution < -0.4 is 10.9 Å². The third-order valence-corrected chi connectivity index (χ3v) is 3.89. The lowest BCUT2D eigenvalue weighted by atomic mass is 9.95. The van der Waals surface area contributed by atoms with Crippen LogP contribution in [0.25, 0.3) is 0 Å². The van der Waals surface area contributed by atoms with E-state index in [1.165, 1.54) is 0 Å². The summed E-state index contributed by atoms with van der Waals surface area (Å²) in [5.74, 6) is -1.58. The Morgan fingerprint density at radius 3 is 2.64 bits per heavy atom. The van der Waals surface area contributed by atoms with E-state index in [9.17, 15) is 19.5 Å². The van der Waals surface area contributed by atoms with Crippen LogP contribution in [0.3, 0.4) is 0 Å². The number of H-pyrrole nitrogens is 1. The van der Waals surface area contributed by atoms with E-state index in [1.807, 2.05) is 13.8 Å². The lowest BCUT2D eigenvalue weighted by molar-refractivity contribution is -0.139. The number of aromatic nitrogens is 1. The van der Waals surface area contributed by atoms with E-state index in [0.29, 0.717) is 6.42 Å². The second-order valence-corrected chi connectivity index (χ2v) is 6.22. The Balaban J connectivity index is 2.21. The summed E-state index contributed by atoms with van der Waals surface area (Å²) in [6.07, 6.45) is 4.04. The molecule has 1 unspecified atom stereocenters. The van der Waals surface area contributed by atoms with Crippen LogP contribution in [0.2, 0.25) is 0 Å². The van der Waals surface area contributed by atoms with Crippen LogP contribution in [-0.4, -0.2) is 28.0 Å². The summed E-state index contributed by atoms with van der Waals surface area (Å²) in [6, 6.07) is 0.625. The molecule has 0 saturated carbocycles. The summed E-state index contributed by atoms with van der Waals surface area (Å²) in [5.41, 5.74) is 1.42. The minimum Gasteiger partial charge on any atom is -0.480 e. The fourth-order valence-corrected chi connectivity index (χ4v) is 2.77. The number of carbonyl (C=O) groups is 2. The van der Waals surface area contributed by atoms with Gasteiger partial charge in [0.1, 0.15) is 11.6 Å². The summed E-state index contributed by atoms with van der Waals surface area (Å²) in [6.45, 7) is 3.77. The SMILES string of the molecule is CC(C)CC(NC(=O)c1cc2c([nH]c1=O)CCCC2)C(=O)O. The van der Waals surface area contributed by atoms with Gasteiger partial charge < -0.3 is 15.4 Å². The van der Waals surface area contributed by atoms with Crippen LogP contribution >= 0.6 is 0 Å². The first kappa shape index (κ1) is 16.3. The number of fused-ring (bicyclic) bond motifs is 1. The predicted molar refractivity (Wildman–Crippen MR) is 82.0 cm³/mol. The second kappa shape index (κ2) is 6.77. The minimum atomic E-state index is -1.09. The Bertz CT molecular complexity index is 634. The second-order valence-electron chi connectivity index (χ2n) is 6.22. The Morgan fingerprint density at radius 2 is 2.00 bits per heavy atom. The molecule has 120 valence electrons. The van der Waals surface area contributed by atoms with E-state index in [1.54, 1.807) is 6.07 Å². The highest BCUT2D eigenvalue weighted by Gasteiger charge is 2.24. The quantitative estimate of drug-likeness (QED) is 0.767. The summed E-state index contributed by atoms with van der Waals surface area (Å²) in [5, 5.41) is 11.6. The van der Waals surface area contributed by atoms with Crippen molar-refractivity contribution in [2.45, 2.75) is 52.0 Å². The monoisotopic (exact) mass is 306 g/mol. The van der Waals surface area contributed by atoms with Crippen molar-refractivity contribution < 1.29 is 14.7 Å². The van der Waals surface area contributed by atoms with Gasteiger partial charge in [-0.05, 0) is 49.7 Å². The summed E-state index contributed by atoms with van der Waals surface area (Å²) in [4.78, 5) is 38.3. The molecule has 1 aliphatic rings. The zero-order chi connectivity index (χ0) is 16.3. The highest BCUT2D eigenvalue weighted by atomic mass is 16.4. The third-order valence-electron chi connectivity index (χ3n) is 3.89. The molecule has 0 spiro atoms. The van der Waals surface area contributed by atoms with Gasteiger partial charge in [0.15, 0.2) is 0 Å². The standard InChI is InChI=1S/C16H22N2O4/c1-9(2)7-13(16(21)22)18-15(20)11-8-10-5-3-4-6-12(10)17-14(11)19/h8-9,13H,3-7H2,1-2H3,(H,17,19)(H,18,20)(H,21,22). The molecular formula is C16H22N2O4. The van der Waals surface area contributed by atoms with Gasteiger partial charge in [0.25, 0.3) is 11.5 Å². The van der Waals surface area contributed by atoms with E-state index >= 15 is 0 Å². The van der Waals surface area contributed by atoms with Gasteiger partial charge in [0, 0.05) is 5.69 Å². The van der Waals surface area contributed by atoms with E-state index in [4.69, 9.17) is 0 Å². The number of carboxylic acid groups (broad SMARTS) is 1. The first-order valence-corrected chi connectivity index (χ1v) is 7.67. The average molecular weight is 306 g/mol. The fourth-order valence-electron chi connectivity index (χ4n) is 2.77. The molecule has 0 radical (unpaired) electrons. The van der Waals surface area contributed by atoms with E-state index < -0.39 is 23.5 Å². The van der Waals surface area contributed by atoms with Gasteiger partial charge in [-0.2, -0.15) is 0 Å². The Kier molecular flexibility index (Phi) is 5.00. The lowest BCUT2D eigenvalue weighted by Crippen LogP contribution is -2.43. The molecule has 0 bridgehead atoms. The summed E-state index contributed by atoms with van der Waals surface area (Å²) >= 11 is 0. The van der Waals surface area contributed by atoms with E-state index in [-0.39, 0.29) is 11.5 Å². The molecular weight excluding hydrogens is 284 g/mol. The maximum atomic E-state index is 12.3. The van der Waals surface area contributed by atoms with Crippen LogP contribution in [0.1, 0.15) is 54.7 Å². The van der Waals surface area contributed by atoms with E-state index in [0.717, 1.165) is 36.9 Å². The predicted octanol–water partition coefficient (Wildman–Crippen LogP) is 1.48. The van der Waals surface area contributed by atoms with Gasteiger partial charge in [0.2, 0.25) is 0 Å². The molecule has 6 nitrogen and oxygen atoms in total. The number of rotatable bonds is 5. The molecule has 1 atom stereocenters. The van der Waals surface area contributed by atoms with Crippen LogP contribution in [0, 0.1) is 5.92 Å². The number of hydrogen-bond donors (Lipinski definition) is 3. The highest BCUT2D eigenvalue weighted by Crippen LogP contribution is 2.18. The Labute approximate surface area is 128 Å². The van der Waals surface area contributed by atoms with Crippen LogP contribution in [0.5, 0.6) is 0 Å². The van der Waals surface area contributed by atoms with Crippen molar-refractivity contribution in [3.8, 4) is 0 Å². The number of pyridine rings is 1. The van der Waals surface area contributed by atoms with Crippen molar-refractivity contribution in [1.29, 1.82) is 0 Å². The first-order chi connectivity index (χ1) is 10.4. The van der Waals surface area contributed by atoms with Gasteiger partial charge in [-0.15, -0.1) is 0 Å². The van der Waals surface area contributed by atoms with Crippen LogP contribution in [0.4, 0.5) is 0 Å². The number of amides is 1. The summed E-state index contributed by atoms with van der Waals surface area (Å²) < 4.78 is 0. The molecule has 1 amide bonds. The molecule has 1 heterocycles.